The molecule has 0 saturated carbocycles. The second-order valence-corrected chi connectivity index (χ2v) is 5.67. The second kappa shape index (κ2) is 5.57. The topological polar surface area (TPSA) is 56.3 Å². The molecule has 0 radical (unpaired) electrons. The summed E-state index contributed by atoms with van der Waals surface area (Å²) < 4.78 is 11.3. The zero-order chi connectivity index (χ0) is 14.8. The van der Waals surface area contributed by atoms with Gasteiger partial charge < -0.3 is 14.8 Å². The third kappa shape index (κ3) is 2.62. The average Bonchev–Trinajstić information content (AvgIpc) is 2.88. The summed E-state index contributed by atoms with van der Waals surface area (Å²) in [6.07, 6.45) is 0. The summed E-state index contributed by atoms with van der Waals surface area (Å²) >= 11 is 1.61. The van der Waals surface area contributed by atoms with Gasteiger partial charge in [-0.2, -0.15) is 4.98 Å². The van der Waals surface area contributed by atoms with E-state index < -0.39 is 0 Å². The van der Waals surface area contributed by atoms with Crippen LogP contribution in [0.1, 0.15) is 4.88 Å². The lowest BCUT2D eigenvalue weighted by Gasteiger charge is -2.10. The summed E-state index contributed by atoms with van der Waals surface area (Å²) in [5.41, 5.74) is 0. The Kier molecular flexibility index (Phi) is 3.62. The molecule has 0 fully saturated rings. The Bertz CT molecular complexity index is 786. The average molecular weight is 301 g/mol. The number of nitrogens with one attached hydrogen (secondary N) is 1. The van der Waals surface area contributed by atoms with Gasteiger partial charge in [-0.3, -0.25) is 0 Å². The van der Waals surface area contributed by atoms with Crippen LogP contribution in [0.5, 0.6) is 17.4 Å². The Morgan fingerprint density at radius 2 is 1.90 bits per heavy atom. The van der Waals surface area contributed by atoms with E-state index in [1.165, 1.54) is 0 Å². The SMILES string of the molecule is CNc1nc(Oc2ccccc2OC)c2cc(C)sc2n1. The number of hydrogen-bond donors (Lipinski definition) is 1. The number of nitrogens with zero attached hydrogens (tertiary/aromatic N) is 2. The Morgan fingerprint density at radius 3 is 2.62 bits per heavy atom. The molecule has 3 rings (SSSR count). The zero-order valence-corrected chi connectivity index (χ0v) is 12.8. The smallest absolute Gasteiger partial charge is 0.233 e. The minimum atomic E-state index is 0.526. The fourth-order valence-corrected chi connectivity index (χ4v) is 2.88. The number of thiophene rings is 1. The molecule has 6 heteroatoms. The highest BCUT2D eigenvalue weighted by molar-refractivity contribution is 7.18. The van der Waals surface area contributed by atoms with Gasteiger partial charge in [0.05, 0.1) is 12.5 Å². The summed E-state index contributed by atoms with van der Waals surface area (Å²) in [5.74, 6) is 2.36. The summed E-state index contributed by atoms with van der Waals surface area (Å²) in [6, 6.07) is 9.53. The van der Waals surface area contributed by atoms with Gasteiger partial charge in [-0.25, -0.2) is 4.98 Å². The van der Waals surface area contributed by atoms with Crippen LogP contribution in [0.25, 0.3) is 10.2 Å². The van der Waals surface area contributed by atoms with E-state index in [9.17, 15) is 0 Å². The van der Waals surface area contributed by atoms with E-state index in [-0.39, 0.29) is 0 Å². The van der Waals surface area contributed by atoms with Crippen LogP contribution >= 0.6 is 11.3 Å². The summed E-state index contributed by atoms with van der Waals surface area (Å²) in [4.78, 5) is 10.9. The third-order valence-electron chi connectivity index (χ3n) is 2.98. The van der Waals surface area contributed by atoms with Crippen LogP contribution in [0.15, 0.2) is 30.3 Å². The van der Waals surface area contributed by atoms with E-state index in [0.717, 1.165) is 15.1 Å². The van der Waals surface area contributed by atoms with Crippen molar-refractivity contribution < 1.29 is 9.47 Å². The normalized spacial score (nSPS) is 10.6. The number of benzene rings is 1. The standard InChI is InChI=1S/C15H15N3O2S/c1-9-8-10-13(17-15(16-2)18-14(10)21-9)20-12-7-5-4-6-11(12)19-3/h4-8H,1-3H3,(H,16,17,18). The zero-order valence-electron chi connectivity index (χ0n) is 12.0. The van der Waals surface area contributed by atoms with Crippen molar-refractivity contribution in [1.82, 2.24) is 9.97 Å². The van der Waals surface area contributed by atoms with Gasteiger partial charge in [-0.15, -0.1) is 11.3 Å². The fourth-order valence-electron chi connectivity index (χ4n) is 2.01. The number of fused-ring (bicyclic) bond motifs is 1. The minimum Gasteiger partial charge on any atom is -0.493 e. The lowest BCUT2D eigenvalue weighted by Crippen LogP contribution is -1.99. The van der Waals surface area contributed by atoms with Crippen molar-refractivity contribution in [2.24, 2.45) is 0 Å². The molecular weight excluding hydrogens is 286 g/mol. The molecule has 21 heavy (non-hydrogen) atoms. The molecule has 3 aromatic rings. The minimum absolute atomic E-state index is 0.526. The summed E-state index contributed by atoms with van der Waals surface area (Å²) in [7, 11) is 3.40. The first-order valence-electron chi connectivity index (χ1n) is 6.48. The van der Waals surface area contributed by atoms with E-state index in [0.29, 0.717) is 23.3 Å². The van der Waals surface area contributed by atoms with Gasteiger partial charge in [-0.1, -0.05) is 12.1 Å². The third-order valence-corrected chi connectivity index (χ3v) is 3.92. The molecule has 0 aliphatic heterocycles. The maximum Gasteiger partial charge on any atom is 0.233 e. The Morgan fingerprint density at radius 1 is 1.14 bits per heavy atom. The first kappa shape index (κ1) is 13.6. The predicted molar refractivity (Wildman–Crippen MR) is 84.8 cm³/mol. The van der Waals surface area contributed by atoms with Crippen molar-refractivity contribution >= 4 is 27.5 Å². The Balaban J connectivity index is 2.10. The molecule has 0 aliphatic rings. The number of aromatic nitrogens is 2. The van der Waals surface area contributed by atoms with Gasteiger partial charge in [-0.05, 0) is 25.1 Å². The lowest BCUT2D eigenvalue weighted by molar-refractivity contribution is 0.376. The molecule has 108 valence electrons. The van der Waals surface area contributed by atoms with Crippen molar-refractivity contribution in [2.45, 2.75) is 6.92 Å². The highest BCUT2D eigenvalue weighted by atomic mass is 32.1. The van der Waals surface area contributed by atoms with Crippen LogP contribution in [0.2, 0.25) is 0 Å². The fraction of sp³-hybridized carbons (Fsp3) is 0.200. The van der Waals surface area contributed by atoms with Gasteiger partial charge in [0.25, 0.3) is 0 Å². The first-order valence-corrected chi connectivity index (χ1v) is 7.29. The molecular formula is C15H15N3O2S. The van der Waals surface area contributed by atoms with Crippen molar-refractivity contribution in [2.75, 3.05) is 19.5 Å². The number of ether oxygens (including phenoxy) is 2. The van der Waals surface area contributed by atoms with E-state index in [1.807, 2.05) is 37.3 Å². The van der Waals surface area contributed by atoms with E-state index in [1.54, 1.807) is 25.5 Å². The van der Waals surface area contributed by atoms with Crippen LogP contribution in [-0.4, -0.2) is 24.1 Å². The van der Waals surface area contributed by atoms with Crippen LogP contribution in [0.4, 0.5) is 5.95 Å². The molecule has 1 N–H and O–H groups in total. The van der Waals surface area contributed by atoms with Crippen LogP contribution in [-0.2, 0) is 0 Å². The van der Waals surface area contributed by atoms with Crippen molar-refractivity contribution in [1.29, 1.82) is 0 Å². The van der Waals surface area contributed by atoms with E-state index >= 15 is 0 Å². The van der Waals surface area contributed by atoms with Crippen molar-refractivity contribution in [3.8, 4) is 17.4 Å². The maximum absolute atomic E-state index is 5.96. The molecule has 0 bridgehead atoms. The number of para-hydroxylation sites is 2. The molecule has 0 saturated heterocycles. The quantitative estimate of drug-likeness (QED) is 0.793. The largest absolute Gasteiger partial charge is 0.493 e. The first-order chi connectivity index (χ1) is 10.2. The molecule has 0 unspecified atom stereocenters. The lowest BCUT2D eigenvalue weighted by atomic mass is 10.3. The number of rotatable bonds is 4. The highest BCUT2D eigenvalue weighted by Gasteiger charge is 2.13. The Labute approximate surface area is 126 Å². The molecule has 1 aromatic carbocycles. The molecule has 0 amide bonds. The van der Waals surface area contributed by atoms with Gasteiger partial charge in [0.1, 0.15) is 4.83 Å². The monoisotopic (exact) mass is 301 g/mol. The van der Waals surface area contributed by atoms with Gasteiger partial charge >= 0.3 is 0 Å². The highest BCUT2D eigenvalue weighted by Crippen LogP contribution is 2.36. The van der Waals surface area contributed by atoms with Gasteiger partial charge in [0.15, 0.2) is 11.5 Å². The maximum atomic E-state index is 5.96. The van der Waals surface area contributed by atoms with Crippen LogP contribution in [0.3, 0.4) is 0 Å². The van der Waals surface area contributed by atoms with Crippen molar-refractivity contribution in [3.63, 3.8) is 0 Å². The number of hydrogen-bond acceptors (Lipinski definition) is 6. The number of anilines is 1. The molecule has 2 aromatic heterocycles. The predicted octanol–water partition coefficient (Wildman–Crippen LogP) is 3.84. The summed E-state index contributed by atoms with van der Waals surface area (Å²) in [6.45, 7) is 2.04. The molecule has 2 heterocycles. The molecule has 0 spiro atoms. The molecule has 0 aliphatic carbocycles. The van der Waals surface area contributed by atoms with Gasteiger partial charge in [0.2, 0.25) is 11.8 Å². The second-order valence-electron chi connectivity index (χ2n) is 4.43. The van der Waals surface area contributed by atoms with Crippen LogP contribution in [0, 0.1) is 6.92 Å². The molecule has 5 nitrogen and oxygen atoms in total. The molecule has 0 atom stereocenters. The van der Waals surface area contributed by atoms with Crippen LogP contribution < -0.4 is 14.8 Å². The summed E-state index contributed by atoms with van der Waals surface area (Å²) in [5, 5.41) is 3.86. The van der Waals surface area contributed by atoms with Crippen molar-refractivity contribution in [3.05, 3.63) is 35.2 Å². The number of aryl methyl sites for hydroxylation is 1. The Hall–Kier alpha value is -2.34. The van der Waals surface area contributed by atoms with E-state index in [2.05, 4.69) is 15.3 Å². The van der Waals surface area contributed by atoms with E-state index in [4.69, 9.17) is 9.47 Å². The number of methoxy groups -OCH3 is 1. The van der Waals surface area contributed by atoms with Gasteiger partial charge in [0, 0.05) is 11.9 Å².